The third-order valence-corrected chi connectivity index (χ3v) is 4.15. The van der Waals surface area contributed by atoms with Gasteiger partial charge in [-0.3, -0.25) is 0 Å². The summed E-state index contributed by atoms with van der Waals surface area (Å²) in [6, 6.07) is 8.59. The van der Waals surface area contributed by atoms with Crippen molar-refractivity contribution in [3.8, 4) is 28.6 Å². The van der Waals surface area contributed by atoms with E-state index in [1.807, 2.05) is 0 Å². The van der Waals surface area contributed by atoms with Crippen LogP contribution in [0.1, 0.15) is 11.5 Å². The molecule has 8 nitrogen and oxygen atoms in total. The van der Waals surface area contributed by atoms with Crippen LogP contribution in [0.5, 0.6) is 5.75 Å². The second-order valence-electron chi connectivity index (χ2n) is 6.11. The van der Waals surface area contributed by atoms with Gasteiger partial charge in [0.2, 0.25) is 16.9 Å². The van der Waals surface area contributed by atoms with Crippen molar-refractivity contribution >= 4 is 11.6 Å². The Balaban J connectivity index is 1.53. The van der Waals surface area contributed by atoms with Gasteiger partial charge in [-0.2, -0.15) is 0 Å². The van der Waals surface area contributed by atoms with E-state index in [0.29, 0.717) is 40.9 Å². The van der Waals surface area contributed by atoms with E-state index in [-0.39, 0.29) is 11.0 Å². The average molecular weight is 437 g/mol. The highest BCUT2D eigenvalue weighted by Gasteiger charge is 2.31. The van der Waals surface area contributed by atoms with Gasteiger partial charge in [-0.05, 0) is 48.9 Å². The lowest BCUT2D eigenvalue weighted by Crippen LogP contribution is -2.16. The van der Waals surface area contributed by atoms with Crippen molar-refractivity contribution in [3.05, 3.63) is 59.4 Å². The maximum atomic E-state index is 12.3. The molecule has 0 spiro atoms. The van der Waals surface area contributed by atoms with Gasteiger partial charge in [0.15, 0.2) is 0 Å². The van der Waals surface area contributed by atoms with Gasteiger partial charge in [0.25, 0.3) is 0 Å². The van der Waals surface area contributed by atoms with Crippen LogP contribution in [0.25, 0.3) is 22.8 Å². The van der Waals surface area contributed by atoms with E-state index in [4.69, 9.17) is 16.1 Å². The lowest BCUT2D eigenvalue weighted by Gasteiger charge is -2.08. The number of ether oxygens (including phenoxy) is 1. The van der Waals surface area contributed by atoms with E-state index in [1.165, 1.54) is 24.3 Å². The molecule has 0 saturated heterocycles. The Hall–Kier alpha value is -3.47. The van der Waals surface area contributed by atoms with E-state index in [9.17, 15) is 13.2 Å². The SMILES string of the molecule is Cc1nc(-c2cc(-c3ccc(OC(F)(F)F)cc3)no2)nn1Cc1ccnc(Cl)n1. The molecule has 12 heteroatoms. The monoisotopic (exact) mass is 436 g/mol. The van der Waals surface area contributed by atoms with E-state index in [1.54, 1.807) is 29.9 Å². The number of aryl methyl sites for hydroxylation is 1. The molecule has 154 valence electrons. The van der Waals surface area contributed by atoms with E-state index >= 15 is 0 Å². The zero-order valence-corrected chi connectivity index (χ0v) is 16.0. The van der Waals surface area contributed by atoms with Crippen LogP contribution in [0.2, 0.25) is 5.28 Å². The first-order valence-corrected chi connectivity index (χ1v) is 8.87. The summed E-state index contributed by atoms with van der Waals surface area (Å²) in [6.45, 7) is 2.11. The maximum Gasteiger partial charge on any atom is 0.573 e. The molecule has 0 radical (unpaired) electrons. The zero-order valence-electron chi connectivity index (χ0n) is 15.3. The molecular weight excluding hydrogens is 425 g/mol. The van der Waals surface area contributed by atoms with Gasteiger partial charge in [0.1, 0.15) is 17.3 Å². The first kappa shape index (κ1) is 19.8. The predicted octanol–water partition coefficient (Wildman–Crippen LogP) is 4.30. The van der Waals surface area contributed by atoms with Gasteiger partial charge in [-0.25, -0.2) is 19.6 Å². The Morgan fingerprint density at radius 3 is 2.60 bits per heavy atom. The minimum absolute atomic E-state index is 0.136. The molecule has 0 aliphatic rings. The number of alkyl halides is 3. The first-order chi connectivity index (χ1) is 14.3. The molecule has 3 heterocycles. The van der Waals surface area contributed by atoms with Crippen LogP contribution < -0.4 is 4.74 Å². The first-order valence-electron chi connectivity index (χ1n) is 8.49. The molecule has 0 saturated carbocycles. The molecule has 0 aliphatic carbocycles. The average Bonchev–Trinajstić information content (AvgIpc) is 3.29. The van der Waals surface area contributed by atoms with Gasteiger partial charge in [-0.15, -0.1) is 18.3 Å². The Morgan fingerprint density at radius 1 is 1.13 bits per heavy atom. The van der Waals surface area contributed by atoms with Crippen LogP contribution in [-0.2, 0) is 6.54 Å². The van der Waals surface area contributed by atoms with Gasteiger partial charge < -0.3 is 9.26 Å². The molecule has 0 unspecified atom stereocenters. The quantitative estimate of drug-likeness (QED) is 0.431. The molecule has 4 rings (SSSR count). The molecule has 4 aromatic rings. The lowest BCUT2D eigenvalue weighted by atomic mass is 10.1. The maximum absolute atomic E-state index is 12.3. The summed E-state index contributed by atoms with van der Waals surface area (Å²) >= 11 is 5.80. The van der Waals surface area contributed by atoms with Crippen LogP contribution in [0.15, 0.2) is 47.1 Å². The largest absolute Gasteiger partial charge is 0.573 e. The normalized spacial score (nSPS) is 11.6. The van der Waals surface area contributed by atoms with Crippen LogP contribution >= 0.6 is 11.6 Å². The summed E-state index contributed by atoms with van der Waals surface area (Å²) in [4.78, 5) is 12.3. The fraction of sp³-hybridized carbons (Fsp3) is 0.167. The molecule has 0 bridgehead atoms. The number of nitrogens with zero attached hydrogens (tertiary/aromatic N) is 6. The highest BCUT2D eigenvalue weighted by Crippen LogP contribution is 2.28. The number of halogens is 4. The standard InChI is InChI=1S/C18H12ClF3N6O2/c1-10-24-16(26-28(10)9-12-6-7-23-17(19)25-12)15-8-14(27-30-15)11-2-4-13(5-3-11)29-18(20,21)22/h2-8H,9H2,1H3. The number of benzene rings is 1. The van der Waals surface area contributed by atoms with Gasteiger partial charge in [0.05, 0.1) is 12.2 Å². The Kier molecular flexibility index (Phi) is 5.12. The van der Waals surface area contributed by atoms with Crippen LogP contribution in [0.4, 0.5) is 13.2 Å². The van der Waals surface area contributed by atoms with Gasteiger partial charge in [-0.1, -0.05) is 5.16 Å². The highest BCUT2D eigenvalue weighted by molar-refractivity contribution is 6.28. The molecular formula is C18H12ClF3N6O2. The molecule has 0 aliphatic heterocycles. The van der Waals surface area contributed by atoms with Crippen molar-refractivity contribution in [2.45, 2.75) is 19.8 Å². The fourth-order valence-corrected chi connectivity index (χ4v) is 2.79. The smallest absolute Gasteiger partial charge is 0.406 e. The van der Waals surface area contributed by atoms with E-state index in [2.05, 4.69) is 29.9 Å². The second kappa shape index (κ2) is 7.75. The fourth-order valence-electron chi connectivity index (χ4n) is 2.63. The number of hydrogen-bond donors (Lipinski definition) is 0. The van der Waals surface area contributed by atoms with Crippen LogP contribution in [0, 0.1) is 6.92 Å². The topological polar surface area (TPSA) is 91.8 Å². The Morgan fingerprint density at radius 2 is 1.90 bits per heavy atom. The Labute approximate surface area is 172 Å². The third kappa shape index (κ3) is 4.57. The number of aromatic nitrogens is 6. The number of hydrogen-bond acceptors (Lipinski definition) is 7. The van der Waals surface area contributed by atoms with E-state index in [0.717, 1.165) is 0 Å². The van der Waals surface area contributed by atoms with Gasteiger partial charge in [0, 0.05) is 17.8 Å². The summed E-state index contributed by atoms with van der Waals surface area (Å²) in [7, 11) is 0. The second-order valence-corrected chi connectivity index (χ2v) is 6.44. The summed E-state index contributed by atoms with van der Waals surface area (Å²) in [5.74, 6) is 0.911. The molecule has 0 N–H and O–H groups in total. The molecule has 0 amide bonds. The van der Waals surface area contributed by atoms with Crippen molar-refractivity contribution in [1.29, 1.82) is 0 Å². The zero-order chi connectivity index (χ0) is 21.3. The minimum atomic E-state index is -4.75. The van der Waals surface area contributed by atoms with Crippen LogP contribution in [-0.4, -0.2) is 36.3 Å². The summed E-state index contributed by atoms with van der Waals surface area (Å²) in [5, 5.41) is 8.46. The van der Waals surface area contributed by atoms with Crippen molar-refractivity contribution in [1.82, 2.24) is 29.9 Å². The molecule has 0 fully saturated rings. The number of rotatable bonds is 5. The van der Waals surface area contributed by atoms with Crippen molar-refractivity contribution in [2.24, 2.45) is 0 Å². The predicted molar refractivity (Wildman–Crippen MR) is 98.5 cm³/mol. The molecule has 1 aromatic carbocycles. The van der Waals surface area contributed by atoms with Crippen LogP contribution in [0.3, 0.4) is 0 Å². The third-order valence-electron chi connectivity index (χ3n) is 3.97. The lowest BCUT2D eigenvalue weighted by molar-refractivity contribution is -0.274. The van der Waals surface area contributed by atoms with Gasteiger partial charge >= 0.3 is 6.36 Å². The van der Waals surface area contributed by atoms with Crippen molar-refractivity contribution < 1.29 is 22.4 Å². The summed E-state index contributed by atoms with van der Waals surface area (Å²) < 4.78 is 47.6. The van der Waals surface area contributed by atoms with Crippen molar-refractivity contribution in [2.75, 3.05) is 0 Å². The minimum Gasteiger partial charge on any atom is -0.406 e. The summed E-state index contributed by atoms with van der Waals surface area (Å²) in [5.41, 5.74) is 1.63. The molecule has 30 heavy (non-hydrogen) atoms. The molecule has 0 atom stereocenters. The van der Waals surface area contributed by atoms with Crippen molar-refractivity contribution in [3.63, 3.8) is 0 Å². The Bertz CT molecular complexity index is 1170. The summed E-state index contributed by atoms with van der Waals surface area (Å²) in [6.07, 6.45) is -3.20. The van der Waals surface area contributed by atoms with E-state index < -0.39 is 6.36 Å². The highest BCUT2D eigenvalue weighted by atomic mass is 35.5. The molecule has 3 aromatic heterocycles.